The van der Waals surface area contributed by atoms with E-state index in [0.717, 1.165) is 4.88 Å². The molecule has 0 aliphatic heterocycles. The molecule has 8 heteroatoms. The Kier molecular flexibility index (Phi) is 3.69. The van der Waals surface area contributed by atoms with Crippen molar-refractivity contribution in [1.29, 1.82) is 0 Å². The molecule has 108 valence electrons. The van der Waals surface area contributed by atoms with Crippen LogP contribution in [0.25, 0.3) is 0 Å². The van der Waals surface area contributed by atoms with Gasteiger partial charge in [-0.05, 0) is 23.6 Å². The van der Waals surface area contributed by atoms with Gasteiger partial charge in [0.1, 0.15) is 5.76 Å². The maximum atomic E-state index is 12.5. The molecule has 0 aliphatic carbocycles. The first-order valence-electron chi connectivity index (χ1n) is 6.24. The van der Waals surface area contributed by atoms with E-state index >= 15 is 0 Å². The number of rotatable bonds is 5. The van der Waals surface area contributed by atoms with Crippen molar-refractivity contribution < 1.29 is 9.21 Å². The topological polar surface area (TPSA) is 101 Å². The summed E-state index contributed by atoms with van der Waals surface area (Å²) in [6.07, 6.45) is 1.58. The van der Waals surface area contributed by atoms with Crippen molar-refractivity contribution in [3.05, 3.63) is 52.4 Å². The van der Waals surface area contributed by atoms with Gasteiger partial charge in [0, 0.05) is 4.88 Å². The van der Waals surface area contributed by atoms with Gasteiger partial charge in [-0.15, -0.1) is 16.4 Å². The summed E-state index contributed by atoms with van der Waals surface area (Å²) in [5.41, 5.74) is 5.45. The van der Waals surface area contributed by atoms with Crippen LogP contribution in [0.15, 0.2) is 40.3 Å². The standard InChI is InChI=1S/C13H13N5O2S/c14-13-15-11(16-17-13)12(19)18(7-9-3-1-5-20-9)8-10-4-2-6-21-10/h1-6H,7-8H2,(H3,14,15,16,17). The van der Waals surface area contributed by atoms with E-state index in [2.05, 4.69) is 15.2 Å². The maximum absolute atomic E-state index is 12.5. The van der Waals surface area contributed by atoms with Crippen LogP contribution in [0.1, 0.15) is 21.3 Å². The molecule has 7 nitrogen and oxygen atoms in total. The van der Waals surface area contributed by atoms with E-state index in [0.29, 0.717) is 18.8 Å². The van der Waals surface area contributed by atoms with E-state index in [-0.39, 0.29) is 17.7 Å². The van der Waals surface area contributed by atoms with Crippen LogP contribution in [0.3, 0.4) is 0 Å². The fourth-order valence-electron chi connectivity index (χ4n) is 1.90. The zero-order valence-electron chi connectivity index (χ0n) is 11.0. The van der Waals surface area contributed by atoms with Crippen molar-refractivity contribution in [2.45, 2.75) is 13.1 Å². The van der Waals surface area contributed by atoms with Crippen molar-refractivity contribution in [1.82, 2.24) is 20.1 Å². The number of nitrogens with zero attached hydrogens (tertiary/aromatic N) is 3. The van der Waals surface area contributed by atoms with E-state index in [4.69, 9.17) is 10.2 Å². The van der Waals surface area contributed by atoms with Crippen LogP contribution in [-0.2, 0) is 13.1 Å². The molecule has 0 fully saturated rings. The van der Waals surface area contributed by atoms with Gasteiger partial charge in [-0.1, -0.05) is 6.07 Å². The fourth-order valence-corrected chi connectivity index (χ4v) is 2.62. The minimum atomic E-state index is -0.274. The third-order valence-electron chi connectivity index (χ3n) is 2.85. The number of nitrogen functional groups attached to an aromatic ring is 1. The van der Waals surface area contributed by atoms with Crippen LogP contribution in [0, 0.1) is 0 Å². The molecule has 3 aromatic heterocycles. The quantitative estimate of drug-likeness (QED) is 0.749. The number of thiophene rings is 1. The first-order chi connectivity index (χ1) is 10.2. The van der Waals surface area contributed by atoms with Gasteiger partial charge < -0.3 is 15.1 Å². The van der Waals surface area contributed by atoms with Crippen LogP contribution in [0.2, 0.25) is 0 Å². The molecule has 0 aliphatic rings. The minimum absolute atomic E-state index is 0.0485. The second kappa shape index (κ2) is 5.80. The number of nitrogens with two attached hydrogens (primary N) is 1. The van der Waals surface area contributed by atoms with Gasteiger partial charge in [-0.2, -0.15) is 4.98 Å². The van der Waals surface area contributed by atoms with E-state index in [1.165, 1.54) is 0 Å². The summed E-state index contributed by atoms with van der Waals surface area (Å²) in [7, 11) is 0. The van der Waals surface area contributed by atoms with E-state index in [9.17, 15) is 4.79 Å². The van der Waals surface area contributed by atoms with Gasteiger partial charge in [0.15, 0.2) is 0 Å². The molecule has 3 N–H and O–H groups in total. The third-order valence-corrected chi connectivity index (χ3v) is 3.71. The number of hydrogen-bond acceptors (Lipinski definition) is 6. The maximum Gasteiger partial charge on any atom is 0.291 e. The number of carbonyl (C=O) groups is 1. The summed E-state index contributed by atoms with van der Waals surface area (Å²) in [6, 6.07) is 7.53. The molecule has 0 radical (unpaired) electrons. The number of aromatic nitrogens is 3. The van der Waals surface area contributed by atoms with E-state index in [1.807, 2.05) is 23.6 Å². The number of hydrogen-bond donors (Lipinski definition) is 2. The molecular formula is C13H13N5O2S. The first-order valence-corrected chi connectivity index (χ1v) is 7.12. The Labute approximate surface area is 124 Å². The van der Waals surface area contributed by atoms with Crippen LogP contribution in [0.5, 0.6) is 0 Å². The normalized spacial score (nSPS) is 10.7. The molecule has 0 bridgehead atoms. The summed E-state index contributed by atoms with van der Waals surface area (Å²) in [4.78, 5) is 19.1. The molecule has 3 aromatic rings. The van der Waals surface area contributed by atoms with Gasteiger partial charge in [0.25, 0.3) is 5.91 Å². The smallest absolute Gasteiger partial charge is 0.291 e. The SMILES string of the molecule is Nc1n[nH]c(C(=O)N(Cc2ccco2)Cc2cccs2)n1. The second-order valence-corrected chi connectivity index (χ2v) is 5.39. The minimum Gasteiger partial charge on any atom is -0.467 e. The third kappa shape index (κ3) is 3.11. The summed E-state index contributed by atoms with van der Waals surface area (Å²) in [6.45, 7) is 0.822. The van der Waals surface area contributed by atoms with Crippen LogP contribution < -0.4 is 5.73 Å². The number of carbonyl (C=O) groups excluding carboxylic acids is 1. The number of nitrogens with one attached hydrogen (secondary N) is 1. The summed E-state index contributed by atoms with van der Waals surface area (Å²) in [5, 5.41) is 8.20. The molecule has 0 saturated carbocycles. The number of amides is 1. The highest BCUT2D eigenvalue weighted by Crippen LogP contribution is 2.16. The Balaban J connectivity index is 1.82. The second-order valence-electron chi connectivity index (χ2n) is 4.36. The van der Waals surface area contributed by atoms with Crippen LogP contribution in [-0.4, -0.2) is 26.0 Å². The number of furan rings is 1. The highest BCUT2D eigenvalue weighted by Gasteiger charge is 2.21. The highest BCUT2D eigenvalue weighted by molar-refractivity contribution is 7.09. The summed E-state index contributed by atoms with van der Waals surface area (Å²) >= 11 is 1.59. The molecular weight excluding hydrogens is 290 g/mol. The van der Waals surface area contributed by atoms with Crippen molar-refractivity contribution in [3.8, 4) is 0 Å². The molecule has 1 amide bonds. The van der Waals surface area contributed by atoms with Crippen molar-refractivity contribution in [2.75, 3.05) is 5.73 Å². The Bertz CT molecular complexity index is 669. The summed E-state index contributed by atoms with van der Waals surface area (Å²) in [5.74, 6) is 0.597. The Hall–Kier alpha value is -2.61. The van der Waals surface area contributed by atoms with Crippen LogP contribution in [0.4, 0.5) is 5.95 Å². The van der Waals surface area contributed by atoms with Crippen molar-refractivity contribution >= 4 is 23.2 Å². The lowest BCUT2D eigenvalue weighted by molar-refractivity contribution is 0.0707. The number of H-pyrrole nitrogens is 1. The average molecular weight is 303 g/mol. The molecule has 0 unspecified atom stereocenters. The van der Waals surface area contributed by atoms with Gasteiger partial charge in [0.2, 0.25) is 11.8 Å². The molecule has 3 heterocycles. The molecule has 3 rings (SSSR count). The number of anilines is 1. The predicted molar refractivity (Wildman–Crippen MR) is 77.4 cm³/mol. The summed E-state index contributed by atoms with van der Waals surface area (Å²) < 4.78 is 5.31. The highest BCUT2D eigenvalue weighted by atomic mass is 32.1. The largest absolute Gasteiger partial charge is 0.467 e. The van der Waals surface area contributed by atoms with Crippen molar-refractivity contribution in [2.24, 2.45) is 0 Å². The van der Waals surface area contributed by atoms with Gasteiger partial charge in [-0.3, -0.25) is 9.89 Å². The Morgan fingerprint density at radius 1 is 1.38 bits per heavy atom. The molecule has 0 atom stereocenters. The lowest BCUT2D eigenvalue weighted by atomic mass is 10.3. The number of aromatic amines is 1. The molecule has 21 heavy (non-hydrogen) atoms. The monoisotopic (exact) mass is 303 g/mol. The van der Waals surface area contributed by atoms with Gasteiger partial charge >= 0.3 is 0 Å². The van der Waals surface area contributed by atoms with Crippen LogP contribution >= 0.6 is 11.3 Å². The first kappa shape index (κ1) is 13.4. The lowest BCUT2D eigenvalue weighted by Crippen LogP contribution is -2.30. The lowest BCUT2D eigenvalue weighted by Gasteiger charge is -2.19. The molecule has 0 aromatic carbocycles. The zero-order chi connectivity index (χ0) is 14.7. The predicted octanol–water partition coefficient (Wildman–Crippen LogP) is 1.88. The van der Waals surface area contributed by atoms with E-state index < -0.39 is 0 Å². The fraction of sp³-hybridized carbons (Fsp3) is 0.154. The Morgan fingerprint density at radius 3 is 2.90 bits per heavy atom. The molecule has 0 spiro atoms. The van der Waals surface area contributed by atoms with Gasteiger partial charge in [-0.25, -0.2) is 0 Å². The Morgan fingerprint density at radius 2 is 2.29 bits per heavy atom. The van der Waals surface area contributed by atoms with Gasteiger partial charge in [0.05, 0.1) is 19.4 Å². The van der Waals surface area contributed by atoms with Crippen molar-refractivity contribution in [3.63, 3.8) is 0 Å². The average Bonchev–Trinajstić information content (AvgIpc) is 3.19. The zero-order valence-corrected chi connectivity index (χ0v) is 11.8. The molecule has 0 saturated heterocycles. The van der Waals surface area contributed by atoms with E-state index in [1.54, 1.807) is 28.6 Å².